The van der Waals surface area contributed by atoms with E-state index in [-0.39, 0.29) is 6.61 Å². The summed E-state index contributed by atoms with van der Waals surface area (Å²) in [5, 5.41) is 9.04. The van der Waals surface area contributed by atoms with Crippen LogP contribution in [0.3, 0.4) is 0 Å². The summed E-state index contributed by atoms with van der Waals surface area (Å²) >= 11 is 0. The molecule has 0 spiro atoms. The lowest BCUT2D eigenvalue weighted by atomic mass is 10.0. The normalized spacial score (nSPS) is 17.1. The third kappa shape index (κ3) is 3.64. The largest absolute Gasteiger partial charge is 0.463 e. The summed E-state index contributed by atoms with van der Waals surface area (Å²) in [7, 11) is 0. The van der Waals surface area contributed by atoms with Crippen LogP contribution in [0.4, 0.5) is 0 Å². The van der Waals surface area contributed by atoms with E-state index in [1.54, 1.807) is 6.07 Å². The predicted octanol–water partition coefficient (Wildman–Crippen LogP) is 1.08. The van der Waals surface area contributed by atoms with Gasteiger partial charge in [-0.2, -0.15) is 4.98 Å². The average molecular weight is 238 g/mol. The minimum atomic E-state index is -0.0863. The predicted molar refractivity (Wildman–Crippen MR) is 61.7 cm³/mol. The van der Waals surface area contributed by atoms with Crippen LogP contribution in [0.2, 0.25) is 0 Å². The van der Waals surface area contributed by atoms with Gasteiger partial charge in [0.05, 0.1) is 18.9 Å². The van der Waals surface area contributed by atoms with Crippen LogP contribution in [-0.2, 0) is 11.3 Å². The van der Waals surface area contributed by atoms with E-state index in [1.165, 1.54) is 0 Å². The maximum absolute atomic E-state index is 9.04. The van der Waals surface area contributed by atoms with E-state index in [2.05, 4.69) is 9.97 Å². The second-order valence-electron chi connectivity index (χ2n) is 4.31. The van der Waals surface area contributed by atoms with E-state index < -0.39 is 0 Å². The molecule has 0 radical (unpaired) electrons. The molecule has 2 rings (SSSR count). The molecule has 1 N–H and O–H groups in total. The fourth-order valence-corrected chi connectivity index (χ4v) is 1.86. The molecule has 0 atom stereocenters. The van der Waals surface area contributed by atoms with Gasteiger partial charge in [-0.3, -0.25) is 0 Å². The Kier molecular flexibility index (Phi) is 4.28. The first-order valence-electron chi connectivity index (χ1n) is 5.94. The second-order valence-corrected chi connectivity index (χ2v) is 4.31. The molecule has 1 aromatic heterocycles. The van der Waals surface area contributed by atoms with Gasteiger partial charge in [0.15, 0.2) is 0 Å². The van der Waals surface area contributed by atoms with Gasteiger partial charge in [-0.1, -0.05) is 0 Å². The molecule has 1 fully saturated rings. The summed E-state index contributed by atoms with van der Waals surface area (Å²) in [5.74, 6) is 0.519. The van der Waals surface area contributed by atoms with Gasteiger partial charge in [-0.05, 0) is 31.7 Å². The molecule has 1 aliphatic heterocycles. The Bertz CT molecular complexity index is 365. The first kappa shape index (κ1) is 12.3. The van der Waals surface area contributed by atoms with Crippen LogP contribution in [0.15, 0.2) is 6.07 Å². The first-order valence-corrected chi connectivity index (χ1v) is 5.94. The topological polar surface area (TPSA) is 64.5 Å². The van der Waals surface area contributed by atoms with Gasteiger partial charge in [-0.25, -0.2) is 4.98 Å². The van der Waals surface area contributed by atoms with Crippen LogP contribution in [0.25, 0.3) is 0 Å². The molecule has 17 heavy (non-hydrogen) atoms. The van der Waals surface area contributed by atoms with Crippen molar-refractivity contribution in [2.45, 2.75) is 26.4 Å². The maximum atomic E-state index is 9.04. The zero-order valence-electron chi connectivity index (χ0n) is 10.1. The van der Waals surface area contributed by atoms with Gasteiger partial charge in [0, 0.05) is 18.9 Å². The van der Waals surface area contributed by atoms with E-state index in [0.717, 1.165) is 31.7 Å². The van der Waals surface area contributed by atoms with Crippen molar-refractivity contribution >= 4 is 0 Å². The van der Waals surface area contributed by atoms with Crippen molar-refractivity contribution in [3.63, 3.8) is 0 Å². The molecule has 2 heterocycles. The number of aromatic nitrogens is 2. The van der Waals surface area contributed by atoms with E-state index >= 15 is 0 Å². The maximum Gasteiger partial charge on any atom is 0.316 e. The number of aliphatic hydroxyl groups excluding tert-OH is 1. The van der Waals surface area contributed by atoms with E-state index in [1.807, 2.05) is 6.92 Å². The Balaban J connectivity index is 1.91. The van der Waals surface area contributed by atoms with Crippen molar-refractivity contribution in [1.82, 2.24) is 9.97 Å². The lowest BCUT2D eigenvalue weighted by molar-refractivity contribution is 0.0481. The standard InChI is InChI=1S/C12H18N2O3/c1-9-6-11(7-15)14-12(13-9)17-8-10-2-4-16-5-3-10/h6,10,15H,2-5,7-8H2,1H3. The van der Waals surface area contributed by atoms with E-state index in [9.17, 15) is 0 Å². The number of aliphatic hydroxyl groups is 1. The Morgan fingerprint density at radius 1 is 1.41 bits per heavy atom. The summed E-state index contributed by atoms with van der Waals surface area (Å²) in [4.78, 5) is 8.31. The monoisotopic (exact) mass is 238 g/mol. The molecule has 0 unspecified atom stereocenters. The van der Waals surface area contributed by atoms with Crippen molar-refractivity contribution in [1.29, 1.82) is 0 Å². The van der Waals surface area contributed by atoms with Crippen molar-refractivity contribution in [3.8, 4) is 6.01 Å². The van der Waals surface area contributed by atoms with Gasteiger partial charge in [0.1, 0.15) is 0 Å². The Morgan fingerprint density at radius 2 is 2.18 bits per heavy atom. The zero-order valence-corrected chi connectivity index (χ0v) is 10.1. The molecule has 1 aliphatic rings. The minimum Gasteiger partial charge on any atom is -0.463 e. The van der Waals surface area contributed by atoms with Gasteiger partial charge in [-0.15, -0.1) is 0 Å². The van der Waals surface area contributed by atoms with E-state index in [4.69, 9.17) is 14.6 Å². The quantitative estimate of drug-likeness (QED) is 0.850. The number of aryl methyl sites for hydroxylation is 1. The first-order chi connectivity index (χ1) is 8.28. The number of ether oxygens (including phenoxy) is 2. The van der Waals surface area contributed by atoms with Crippen molar-refractivity contribution in [2.75, 3.05) is 19.8 Å². The van der Waals surface area contributed by atoms with Crippen LogP contribution >= 0.6 is 0 Å². The highest BCUT2D eigenvalue weighted by atomic mass is 16.5. The molecule has 0 bridgehead atoms. The van der Waals surface area contributed by atoms with Gasteiger partial charge < -0.3 is 14.6 Å². The highest BCUT2D eigenvalue weighted by Gasteiger charge is 2.15. The number of hydrogen-bond donors (Lipinski definition) is 1. The van der Waals surface area contributed by atoms with Crippen LogP contribution in [0.5, 0.6) is 6.01 Å². The fraction of sp³-hybridized carbons (Fsp3) is 0.667. The average Bonchev–Trinajstić information content (AvgIpc) is 2.37. The van der Waals surface area contributed by atoms with Crippen LogP contribution in [0, 0.1) is 12.8 Å². The molecule has 0 aliphatic carbocycles. The Morgan fingerprint density at radius 3 is 2.88 bits per heavy atom. The SMILES string of the molecule is Cc1cc(CO)nc(OCC2CCOCC2)n1. The fourth-order valence-electron chi connectivity index (χ4n) is 1.86. The van der Waals surface area contributed by atoms with E-state index in [0.29, 0.717) is 24.2 Å². The number of nitrogens with zero attached hydrogens (tertiary/aromatic N) is 2. The van der Waals surface area contributed by atoms with Crippen LogP contribution < -0.4 is 4.74 Å². The highest BCUT2D eigenvalue weighted by Crippen LogP contribution is 2.16. The molecule has 0 saturated carbocycles. The molecular weight excluding hydrogens is 220 g/mol. The third-order valence-electron chi connectivity index (χ3n) is 2.84. The lowest BCUT2D eigenvalue weighted by Gasteiger charge is -2.21. The van der Waals surface area contributed by atoms with Gasteiger partial charge >= 0.3 is 6.01 Å². The molecule has 5 heteroatoms. The molecule has 0 amide bonds. The number of rotatable bonds is 4. The summed E-state index contributed by atoms with van der Waals surface area (Å²) in [6, 6.07) is 2.11. The second kappa shape index (κ2) is 5.93. The molecule has 0 aromatic carbocycles. The molecule has 1 saturated heterocycles. The van der Waals surface area contributed by atoms with Gasteiger partial charge in [0.25, 0.3) is 0 Å². The molecule has 5 nitrogen and oxygen atoms in total. The Labute approximate surface area is 101 Å². The number of hydrogen-bond acceptors (Lipinski definition) is 5. The highest BCUT2D eigenvalue weighted by molar-refractivity contribution is 5.11. The zero-order chi connectivity index (χ0) is 12.1. The lowest BCUT2D eigenvalue weighted by Crippen LogP contribution is -2.22. The Hall–Kier alpha value is -1.20. The van der Waals surface area contributed by atoms with Crippen molar-refractivity contribution in [2.24, 2.45) is 5.92 Å². The van der Waals surface area contributed by atoms with Crippen molar-refractivity contribution < 1.29 is 14.6 Å². The van der Waals surface area contributed by atoms with Gasteiger partial charge in [0.2, 0.25) is 0 Å². The summed E-state index contributed by atoms with van der Waals surface area (Å²) in [5.41, 5.74) is 1.41. The van der Waals surface area contributed by atoms with Crippen molar-refractivity contribution in [3.05, 3.63) is 17.5 Å². The van der Waals surface area contributed by atoms with Crippen LogP contribution in [-0.4, -0.2) is 34.9 Å². The molecule has 1 aromatic rings. The summed E-state index contributed by atoms with van der Waals surface area (Å²) in [6.07, 6.45) is 2.05. The van der Waals surface area contributed by atoms with Crippen LogP contribution in [0.1, 0.15) is 24.2 Å². The summed E-state index contributed by atoms with van der Waals surface area (Å²) < 4.78 is 10.9. The molecular formula is C12H18N2O3. The molecule has 94 valence electrons. The third-order valence-corrected chi connectivity index (χ3v) is 2.84. The minimum absolute atomic E-state index is 0.0863. The smallest absolute Gasteiger partial charge is 0.316 e. The summed E-state index contributed by atoms with van der Waals surface area (Å²) in [6.45, 7) is 4.02.